The zero-order chi connectivity index (χ0) is 15.2. The lowest BCUT2D eigenvalue weighted by atomic mass is 10.2. The molecule has 0 bridgehead atoms. The minimum Gasteiger partial charge on any atom is -0.491 e. The monoisotopic (exact) mass is 304 g/mol. The Bertz CT molecular complexity index is 572. The first-order chi connectivity index (χ1) is 9.29. The van der Waals surface area contributed by atoms with Gasteiger partial charge in [-0.25, -0.2) is 13.6 Å². The van der Waals surface area contributed by atoms with E-state index in [0.717, 1.165) is 0 Å². The number of hydrogen-bond acceptors (Lipinski definition) is 6. The smallest absolute Gasteiger partial charge is 0.269 e. The van der Waals surface area contributed by atoms with Gasteiger partial charge in [0.1, 0.15) is 12.4 Å². The summed E-state index contributed by atoms with van der Waals surface area (Å²) in [5.74, 6) is 0.273. The summed E-state index contributed by atoms with van der Waals surface area (Å²) >= 11 is 0. The van der Waals surface area contributed by atoms with Gasteiger partial charge < -0.3 is 9.47 Å². The van der Waals surface area contributed by atoms with Crippen LogP contribution in [0.1, 0.15) is 5.56 Å². The van der Waals surface area contributed by atoms with Crippen molar-refractivity contribution in [1.29, 1.82) is 0 Å². The largest absolute Gasteiger partial charge is 0.491 e. The molecule has 0 saturated carbocycles. The van der Waals surface area contributed by atoms with Crippen molar-refractivity contribution in [2.45, 2.75) is 6.92 Å². The Morgan fingerprint density at radius 2 is 2.00 bits per heavy atom. The third-order valence-electron chi connectivity index (χ3n) is 2.37. The Labute approximate surface area is 116 Å². The lowest BCUT2D eigenvalue weighted by molar-refractivity contribution is -0.384. The number of aryl methyl sites for hydroxylation is 1. The van der Waals surface area contributed by atoms with Crippen LogP contribution in [0.25, 0.3) is 0 Å². The molecule has 20 heavy (non-hydrogen) atoms. The second-order valence-electron chi connectivity index (χ2n) is 4.03. The van der Waals surface area contributed by atoms with E-state index in [9.17, 15) is 18.5 Å². The molecule has 8 nitrogen and oxygen atoms in total. The predicted molar refractivity (Wildman–Crippen MR) is 72.1 cm³/mol. The van der Waals surface area contributed by atoms with Crippen molar-refractivity contribution in [2.75, 3.05) is 25.6 Å². The van der Waals surface area contributed by atoms with Crippen molar-refractivity contribution in [2.24, 2.45) is 5.14 Å². The lowest BCUT2D eigenvalue weighted by Gasteiger charge is -2.09. The van der Waals surface area contributed by atoms with E-state index in [1.807, 2.05) is 0 Å². The van der Waals surface area contributed by atoms with Crippen molar-refractivity contribution >= 4 is 15.7 Å². The molecular formula is C11H16N2O6S. The van der Waals surface area contributed by atoms with E-state index in [1.54, 1.807) is 6.92 Å². The number of ether oxygens (including phenoxy) is 2. The van der Waals surface area contributed by atoms with Crippen LogP contribution in [0.15, 0.2) is 18.2 Å². The van der Waals surface area contributed by atoms with Crippen molar-refractivity contribution in [1.82, 2.24) is 0 Å². The first kappa shape index (κ1) is 16.3. The summed E-state index contributed by atoms with van der Waals surface area (Å²) in [5.41, 5.74) is 0.642. The molecule has 0 atom stereocenters. The second-order valence-corrected chi connectivity index (χ2v) is 5.77. The minimum atomic E-state index is -3.51. The first-order valence-electron chi connectivity index (χ1n) is 5.75. The van der Waals surface area contributed by atoms with E-state index in [-0.39, 0.29) is 31.3 Å². The van der Waals surface area contributed by atoms with Crippen molar-refractivity contribution in [3.05, 3.63) is 33.9 Å². The first-order valence-corrected chi connectivity index (χ1v) is 7.47. The molecule has 0 aliphatic rings. The summed E-state index contributed by atoms with van der Waals surface area (Å²) < 4.78 is 31.7. The zero-order valence-electron chi connectivity index (χ0n) is 10.9. The normalized spacial score (nSPS) is 11.3. The fraction of sp³-hybridized carbons (Fsp3) is 0.455. The highest BCUT2D eigenvalue weighted by atomic mass is 32.2. The summed E-state index contributed by atoms with van der Waals surface area (Å²) in [6.07, 6.45) is 0. The van der Waals surface area contributed by atoms with E-state index in [0.29, 0.717) is 11.3 Å². The Hall–Kier alpha value is -1.71. The Morgan fingerprint density at radius 1 is 1.30 bits per heavy atom. The molecule has 0 aliphatic carbocycles. The van der Waals surface area contributed by atoms with Gasteiger partial charge in [-0.05, 0) is 18.6 Å². The number of primary sulfonamides is 1. The van der Waals surface area contributed by atoms with Gasteiger partial charge in [0.15, 0.2) is 0 Å². The van der Waals surface area contributed by atoms with Crippen LogP contribution in [0.3, 0.4) is 0 Å². The number of nitro benzene ring substituents is 1. The number of rotatable bonds is 8. The molecule has 2 N–H and O–H groups in total. The van der Waals surface area contributed by atoms with Crippen LogP contribution in [0, 0.1) is 17.0 Å². The Balaban J connectivity index is 2.34. The molecule has 0 unspecified atom stereocenters. The number of nitro groups is 1. The van der Waals surface area contributed by atoms with Gasteiger partial charge in [-0.1, -0.05) is 0 Å². The molecule has 0 aromatic heterocycles. The van der Waals surface area contributed by atoms with Gasteiger partial charge in [0.2, 0.25) is 10.0 Å². The van der Waals surface area contributed by atoms with Crippen LogP contribution in [0.4, 0.5) is 5.69 Å². The molecule has 112 valence electrons. The molecule has 0 amide bonds. The zero-order valence-corrected chi connectivity index (χ0v) is 11.8. The van der Waals surface area contributed by atoms with Gasteiger partial charge in [-0.2, -0.15) is 0 Å². The fourth-order valence-corrected chi connectivity index (χ4v) is 1.75. The highest BCUT2D eigenvalue weighted by molar-refractivity contribution is 7.89. The van der Waals surface area contributed by atoms with Gasteiger partial charge in [0, 0.05) is 12.1 Å². The number of benzene rings is 1. The van der Waals surface area contributed by atoms with Crippen LogP contribution < -0.4 is 9.88 Å². The number of nitrogens with zero attached hydrogens (tertiary/aromatic N) is 1. The molecular weight excluding hydrogens is 288 g/mol. The minimum absolute atomic E-state index is 0.000692. The molecule has 1 aromatic carbocycles. The summed E-state index contributed by atoms with van der Waals surface area (Å²) in [7, 11) is -3.51. The van der Waals surface area contributed by atoms with Gasteiger partial charge in [0.05, 0.1) is 23.9 Å². The SMILES string of the molecule is Cc1cc([N+](=O)[O-])ccc1OCCOCCS(N)(=O)=O. The highest BCUT2D eigenvalue weighted by Gasteiger charge is 2.08. The summed E-state index contributed by atoms with van der Waals surface area (Å²) in [5, 5.41) is 15.4. The van der Waals surface area contributed by atoms with Gasteiger partial charge in [-0.15, -0.1) is 0 Å². The molecule has 9 heteroatoms. The summed E-state index contributed by atoms with van der Waals surface area (Å²) in [6, 6.07) is 4.28. The maximum absolute atomic E-state index is 10.6. The maximum atomic E-state index is 10.6. The summed E-state index contributed by atoms with van der Waals surface area (Å²) in [4.78, 5) is 10.1. The van der Waals surface area contributed by atoms with Crippen molar-refractivity contribution < 1.29 is 22.8 Å². The quantitative estimate of drug-likeness (QED) is 0.426. The van der Waals surface area contributed by atoms with E-state index < -0.39 is 14.9 Å². The molecule has 1 aromatic rings. The third kappa shape index (κ3) is 5.95. The number of nitrogens with two attached hydrogens (primary N) is 1. The van der Waals surface area contributed by atoms with Gasteiger partial charge >= 0.3 is 0 Å². The predicted octanol–water partition coefficient (Wildman–Crippen LogP) is 0.587. The Kier molecular flexibility index (Phi) is 5.86. The number of non-ortho nitro benzene ring substituents is 1. The second kappa shape index (κ2) is 7.17. The van der Waals surface area contributed by atoms with Crippen LogP contribution >= 0.6 is 0 Å². The van der Waals surface area contributed by atoms with E-state index in [4.69, 9.17) is 14.6 Å². The van der Waals surface area contributed by atoms with Gasteiger partial charge in [-0.3, -0.25) is 10.1 Å². The lowest BCUT2D eigenvalue weighted by Crippen LogP contribution is -2.21. The highest BCUT2D eigenvalue weighted by Crippen LogP contribution is 2.22. The average molecular weight is 304 g/mol. The van der Waals surface area contributed by atoms with Crippen LogP contribution in [0.5, 0.6) is 5.75 Å². The standard InChI is InChI=1S/C11H16N2O6S/c1-9-8-10(13(14)15)2-3-11(9)19-5-4-18-6-7-20(12,16)17/h2-3,8H,4-7H2,1H3,(H2,12,16,17). The van der Waals surface area contributed by atoms with E-state index >= 15 is 0 Å². The maximum Gasteiger partial charge on any atom is 0.269 e. The molecule has 0 fully saturated rings. The van der Waals surface area contributed by atoms with Gasteiger partial charge in [0.25, 0.3) is 5.69 Å². The number of hydrogen-bond donors (Lipinski definition) is 1. The van der Waals surface area contributed by atoms with Crippen LogP contribution in [0.2, 0.25) is 0 Å². The number of sulfonamides is 1. The van der Waals surface area contributed by atoms with E-state index in [1.165, 1.54) is 18.2 Å². The third-order valence-corrected chi connectivity index (χ3v) is 3.10. The topological polar surface area (TPSA) is 122 Å². The molecule has 0 radical (unpaired) electrons. The molecule has 0 saturated heterocycles. The molecule has 0 heterocycles. The van der Waals surface area contributed by atoms with Crippen molar-refractivity contribution in [3.63, 3.8) is 0 Å². The van der Waals surface area contributed by atoms with Crippen molar-refractivity contribution in [3.8, 4) is 5.75 Å². The summed E-state index contributed by atoms with van der Waals surface area (Å²) in [6.45, 7) is 2.11. The Morgan fingerprint density at radius 3 is 2.55 bits per heavy atom. The fourth-order valence-electron chi connectivity index (χ4n) is 1.40. The van der Waals surface area contributed by atoms with Crippen LogP contribution in [-0.2, 0) is 14.8 Å². The van der Waals surface area contributed by atoms with E-state index in [2.05, 4.69) is 0 Å². The average Bonchev–Trinajstić information content (AvgIpc) is 2.33. The molecule has 0 aliphatic heterocycles. The molecule has 1 rings (SSSR count). The molecule has 0 spiro atoms. The van der Waals surface area contributed by atoms with Crippen LogP contribution in [-0.4, -0.2) is 38.9 Å².